The zero-order valence-corrected chi connectivity index (χ0v) is 26.7. The maximum atomic E-state index is 2.48. The molecule has 2 aliphatic heterocycles. The van der Waals surface area contributed by atoms with Gasteiger partial charge in [-0.1, -0.05) is 0 Å². The van der Waals surface area contributed by atoms with Crippen molar-refractivity contribution in [3.63, 3.8) is 0 Å². The number of anilines is 3. The number of fused-ring (bicyclic) bond motifs is 4. The van der Waals surface area contributed by atoms with Crippen LogP contribution in [0.25, 0.3) is 0 Å². The van der Waals surface area contributed by atoms with Gasteiger partial charge in [0.1, 0.15) is 0 Å². The van der Waals surface area contributed by atoms with Crippen LogP contribution < -0.4 is 22.5 Å². The Morgan fingerprint density at radius 3 is 1.62 bits per heavy atom. The van der Waals surface area contributed by atoms with Gasteiger partial charge in [0.05, 0.1) is 0 Å². The van der Waals surface area contributed by atoms with Gasteiger partial charge in [-0.25, -0.2) is 0 Å². The second-order valence-electron chi connectivity index (χ2n) is 11.8. The first-order valence-electron chi connectivity index (χ1n) is 14.6. The van der Waals surface area contributed by atoms with E-state index in [1.807, 2.05) is 11.8 Å². The van der Waals surface area contributed by atoms with Crippen LogP contribution in [0.2, 0.25) is 0 Å². The van der Waals surface area contributed by atoms with Crippen molar-refractivity contribution in [2.24, 2.45) is 0 Å². The molecule has 6 aromatic carbocycles. The van der Waals surface area contributed by atoms with E-state index >= 15 is 0 Å². The van der Waals surface area contributed by atoms with Gasteiger partial charge in [0.15, 0.2) is 0 Å². The second-order valence-corrected chi connectivity index (χ2v) is 20.7. The van der Waals surface area contributed by atoms with Crippen molar-refractivity contribution in [1.82, 2.24) is 0 Å². The Morgan fingerprint density at radius 2 is 1.00 bits per heavy atom. The van der Waals surface area contributed by atoms with E-state index in [4.69, 9.17) is 0 Å². The summed E-state index contributed by atoms with van der Waals surface area (Å²) in [5, 5.41) is 0. The summed E-state index contributed by atoms with van der Waals surface area (Å²) in [7, 11) is 0. The molecule has 8 rings (SSSR count). The zero-order chi connectivity index (χ0) is 28.3. The minimum atomic E-state index is -3.30. The third-order valence-electron chi connectivity index (χ3n) is 9.19. The average molecular weight is 618 g/mol. The third-order valence-corrected chi connectivity index (χ3v) is 21.3. The zero-order valence-electron chi connectivity index (χ0n) is 23.8. The van der Waals surface area contributed by atoms with E-state index in [-0.39, 0.29) is 5.41 Å². The van der Waals surface area contributed by atoms with Crippen LogP contribution >= 0.6 is 11.8 Å². The van der Waals surface area contributed by atoms with E-state index in [1.165, 1.54) is 55.6 Å². The van der Waals surface area contributed by atoms with E-state index in [0.29, 0.717) is 0 Å². The Kier molecular flexibility index (Phi) is 5.99. The molecule has 0 amide bonds. The Hall–Kier alpha value is -3.99. The average Bonchev–Trinajstić information content (AvgIpc) is 3.04. The van der Waals surface area contributed by atoms with Gasteiger partial charge >= 0.3 is 256 Å². The summed E-state index contributed by atoms with van der Waals surface area (Å²) >= 11 is -1.37. The molecule has 0 N–H and O–H groups in total. The van der Waals surface area contributed by atoms with E-state index < -0.39 is 13.3 Å². The van der Waals surface area contributed by atoms with Crippen LogP contribution in [0.3, 0.4) is 0 Å². The summed E-state index contributed by atoms with van der Waals surface area (Å²) in [6.07, 6.45) is 0. The molecule has 0 aromatic heterocycles. The summed E-state index contributed by atoms with van der Waals surface area (Å²) in [4.78, 5) is 5.24. The Labute approximate surface area is 255 Å². The molecule has 0 fully saturated rings. The molecule has 202 valence electrons. The minimum absolute atomic E-state index is 0.0727. The van der Waals surface area contributed by atoms with Gasteiger partial charge in [-0.05, 0) is 0 Å². The van der Waals surface area contributed by atoms with Crippen molar-refractivity contribution in [3.8, 4) is 0 Å². The van der Waals surface area contributed by atoms with Gasteiger partial charge in [-0.15, -0.1) is 0 Å². The first-order chi connectivity index (χ1) is 20.6. The standard InChI is InChI=1S/C39H31GeNS/c1-39(2)31-19-9-12-22-35(31)41(36-23-13-10-20-32(36)39)30-25-26-34-38(27-30)42-37-24-14-11-21-33(37)40(34,28-15-5-3-6-16-28)29-17-7-4-8-18-29/h3-27H,1-2H3. The van der Waals surface area contributed by atoms with Crippen molar-refractivity contribution >= 4 is 59.7 Å². The SMILES string of the molecule is CC1(C)c2ccccc2N(c2cc[c]3c(c2)Sc2cccc[c]2[Ge]3([c]2ccccc2)[c]2ccccc2)c2ccccc21. The molecule has 0 unspecified atom stereocenters. The first kappa shape index (κ1) is 25.7. The van der Waals surface area contributed by atoms with Gasteiger partial charge in [-0.2, -0.15) is 0 Å². The van der Waals surface area contributed by atoms with Crippen LogP contribution in [0.15, 0.2) is 161 Å². The monoisotopic (exact) mass is 619 g/mol. The van der Waals surface area contributed by atoms with E-state index in [2.05, 4.69) is 170 Å². The Morgan fingerprint density at radius 1 is 0.500 bits per heavy atom. The molecule has 3 heteroatoms. The molecule has 0 saturated heterocycles. The van der Waals surface area contributed by atoms with Gasteiger partial charge in [0.2, 0.25) is 0 Å². The topological polar surface area (TPSA) is 3.24 Å². The number of benzene rings is 6. The molecular formula is C39H31GeNS. The Bertz CT molecular complexity index is 1860. The van der Waals surface area contributed by atoms with Gasteiger partial charge in [0.25, 0.3) is 0 Å². The molecule has 6 aromatic rings. The fourth-order valence-corrected chi connectivity index (χ4v) is 20.6. The van der Waals surface area contributed by atoms with Crippen LogP contribution in [0.1, 0.15) is 25.0 Å². The third kappa shape index (κ3) is 3.65. The summed E-state index contributed by atoms with van der Waals surface area (Å²) < 4.78 is 5.98. The second kappa shape index (κ2) is 9.79. The van der Waals surface area contributed by atoms with Crippen LogP contribution in [0, 0.1) is 0 Å². The fourth-order valence-electron chi connectivity index (χ4n) is 7.29. The molecule has 0 aliphatic carbocycles. The van der Waals surface area contributed by atoms with E-state index in [1.54, 1.807) is 0 Å². The number of rotatable bonds is 3. The van der Waals surface area contributed by atoms with E-state index in [0.717, 1.165) is 0 Å². The van der Waals surface area contributed by atoms with Crippen molar-refractivity contribution < 1.29 is 0 Å². The van der Waals surface area contributed by atoms with Gasteiger partial charge in [0, 0.05) is 0 Å². The fraction of sp³-hybridized carbons (Fsp3) is 0.0769. The number of para-hydroxylation sites is 2. The van der Waals surface area contributed by atoms with Gasteiger partial charge in [-0.3, -0.25) is 0 Å². The van der Waals surface area contributed by atoms with E-state index in [9.17, 15) is 0 Å². The summed E-state index contributed by atoms with van der Waals surface area (Å²) in [6.45, 7) is 4.70. The predicted molar refractivity (Wildman–Crippen MR) is 181 cm³/mol. The van der Waals surface area contributed by atoms with Crippen molar-refractivity contribution in [1.29, 1.82) is 0 Å². The summed E-state index contributed by atoms with van der Waals surface area (Å²) in [5.41, 5.74) is 6.40. The number of nitrogens with zero attached hydrogens (tertiary/aromatic N) is 1. The van der Waals surface area contributed by atoms with Crippen molar-refractivity contribution in [3.05, 3.63) is 163 Å². The molecule has 0 bridgehead atoms. The summed E-state index contributed by atoms with van der Waals surface area (Å²) in [6, 6.07) is 57.0. The number of hydrogen-bond acceptors (Lipinski definition) is 2. The first-order valence-corrected chi connectivity index (χ1v) is 19.6. The molecule has 2 heterocycles. The molecular weight excluding hydrogens is 587 g/mol. The Balaban J connectivity index is 1.41. The predicted octanol–water partition coefficient (Wildman–Crippen LogP) is 7.64. The molecule has 1 nitrogen and oxygen atoms in total. The normalized spacial score (nSPS) is 15.6. The molecule has 0 saturated carbocycles. The van der Waals surface area contributed by atoms with Crippen LogP contribution in [-0.2, 0) is 5.41 Å². The molecule has 0 atom stereocenters. The molecule has 2 aliphatic rings. The summed E-state index contributed by atoms with van der Waals surface area (Å²) in [5.74, 6) is 0. The molecule has 0 spiro atoms. The van der Waals surface area contributed by atoms with Crippen molar-refractivity contribution in [2.75, 3.05) is 4.90 Å². The molecule has 42 heavy (non-hydrogen) atoms. The molecule has 0 radical (unpaired) electrons. The number of hydrogen-bond donors (Lipinski definition) is 0. The van der Waals surface area contributed by atoms with Crippen LogP contribution in [-0.4, -0.2) is 13.3 Å². The quantitative estimate of drug-likeness (QED) is 0.188. The van der Waals surface area contributed by atoms with Crippen molar-refractivity contribution in [2.45, 2.75) is 29.1 Å². The van der Waals surface area contributed by atoms with Crippen LogP contribution in [0.5, 0.6) is 0 Å². The van der Waals surface area contributed by atoms with Gasteiger partial charge < -0.3 is 0 Å². The van der Waals surface area contributed by atoms with Crippen LogP contribution in [0.4, 0.5) is 17.1 Å². The maximum absolute atomic E-state index is 3.30.